The summed E-state index contributed by atoms with van der Waals surface area (Å²) < 4.78 is 5.28. The molecule has 144 valence electrons. The lowest BCUT2D eigenvalue weighted by molar-refractivity contribution is 0.140. The van der Waals surface area contributed by atoms with Gasteiger partial charge >= 0.3 is 6.03 Å². The number of piperazine rings is 1. The minimum atomic E-state index is 0.0541. The maximum absolute atomic E-state index is 12.3. The van der Waals surface area contributed by atoms with Crippen molar-refractivity contribution in [2.45, 2.75) is 12.8 Å². The molecule has 0 bridgehead atoms. The molecule has 0 radical (unpaired) electrons. The minimum absolute atomic E-state index is 0.0541. The first-order valence-corrected chi connectivity index (χ1v) is 9.66. The lowest BCUT2D eigenvalue weighted by Crippen LogP contribution is -2.52. The molecule has 2 amide bonds. The largest absolute Gasteiger partial charge is 0.497 e. The molecule has 27 heavy (non-hydrogen) atoms. The van der Waals surface area contributed by atoms with Crippen molar-refractivity contribution < 1.29 is 9.53 Å². The molecule has 0 saturated carbocycles. The monoisotopic (exact) mass is 367 g/mol. The van der Waals surface area contributed by atoms with Crippen molar-refractivity contribution >= 4 is 6.03 Å². The van der Waals surface area contributed by atoms with E-state index in [1.165, 1.54) is 11.1 Å². The van der Waals surface area contributed by atoms with Gasteiger partial charge in [0.15, 0.2) is 0 Å². The van der Waals surface area contributed by atoms with Crippen LogP contribution in [0.1, 0.15) is 11.1 Å². The fourth-order valence-corrected chi connectivity index (χ4v) is 3.36. The number of amides is 2. The number of hydrogen-bond donors (Lipinski definition) is 1. The Morgan fingerprint density at radius 1 is 0.963 bits per heavy atom. The topological polar surface area (TPSA) is 44.8 Å². The minimum Gasteiger partial charge on any atom is -0.497 e. The van der Waals surface area contributed by atoms with Crippen molar-refractivity contribution in [2.75, 3.05) is 46.4 Å². The summed E-state index contributed by atoms with van der Waals surface area (Å²) in [6, 6.07) is 18.5. The number of rotatable bonds is 7. The predicted octanol–water partition coefficient (Wildman–Crippen LogP) is 2.81. The zero-order valence-electron chi connectivity index (χ0n) is 16.1. The van der Waals surface area contributed by atoms with Crippen LogP contribution in [0.25, 0.3) is 0 Å². The van der Waals surface area contributed by atoms with Crippen LogP contribution in [0.3, 0.4) is 0 Å². The molecule has 2 aromatic rings. The maximum Gasteiger partial charge on any atom is 0.317 e. The number of nitrogens with zero attached hydrogens (tertiary/aromatic N) is 2. The van der Waals surface area contributed by atoms with Gasteiger partial charge in [0.05, 0.1) is 7.11 Å². The van der Waals surface area contributed by atoms with Crippen molar-refractivity contribution in [3.05, 3.63) is 65.7 Å². The van der Waals surface area contributed by atoms with Crippen LogP contribution < -0.4 is 10.1 Å². The average Bonchev–Trinajstić information content (AvgIpc) is 2.73. The highest BCUT2D eigenvalue weighted by molar-refractivity contribution is 5.74. The molecule has 5 nitrogen and oxygen atoms in total. The Kier molecular flexibility index (Phi) is 7.11. The molecule has 0 aliphatic carbocycles. The number of carbonyl (C=O) groups excluding carboxylic acids is 1. The number of methoxy groups -OCH3 is 1. The lowest BCUT2D eigenvalue weighted by atomic mass is 10.1. The van der Waals surface area contributed by atoms with Gasteiger partial charge < -0.3 is 15.0 Å². The van der Waals surface area contributed by atoms with E-state index in [0.29, 0.717) is 6.54 Å². The molecular weight excluding hydrogens is 338 g/mol. The van der Waals surface area contributed by atoms with Crippen LogP contribution in [0.5, 0.6) is 5.75 Å². The summed E-state index contributed by atoms with van der Waals surface area (Å²) in [7, 11) is 1.70. The van der Waals surface area contributed by atoms with Crippen molar-refractivity contribution in [3.63, 3.8) is 0 Å². The van der Waals surface area contributed by atoms with Gasteiger partial charge in [0.2, 0.25) is 0 Å². The van der Waals surface area contributed by atoms with Crippen LogP contribution in [-0.2, 0) is 12.8 Å². The zero-order chi connectivity index (χ0) is 18.9. The molecule has 0 unspecified atom stereocenters. The molecule has 1 saturated heterocycles. The first kappa shape index (κ1) is 19.2. The Hall–Kier alpha value is -2.53. The number of benzene rings is 2. The normalized spacial score (nSPS) is 14.8. The Bertz CT molecular complexity index is 713. The Balaban J connectivity index is 1.35. The lowest BCUT2D eigenvalue weighted by Gasteiger charge is -2.34. The molecule has 3 rings (SSSR count). The van der Waals surface area contributed by atoms with E-state index >= 15 is 0 Å². The molecule has 1 fully saturated rings. The highest BCUT2D eigenvalue weighted by atomic mass is 16.5. The van der Waals surface area contributed by atoms with Gasteiger partial charge in [-0.2, -0.15) is 0 Å². The van der Waals surface area contributed by atoms with Gasteiger partial charge in [-0.3, -0.25) is 4.90 Å². The fourth-order valence-electron chi connectivity index (χ4n) is 3.36. The number of nitrogens with one attached hydrogen (secondary N) is 1. The fraction of sp³-hybridized carbons (Fsp3) is 0.409. The molecule has 5 heteroatoms. The number of urea groups is 1. The highest BCUT2D eigenvalue weighted by Crippen LogP contribution is 2.13. The van der Waals surface area contributed by atoms with Crippen molar-refractivity contribution in [1.29, 1.82) is 0 Å². The molecule has 1 N–H and O–H groups in total. The Labute approximate surface area is 161 Å². The Morgan fingerprint density at radius 3 is 2.44 bits per heavy atom. The summed E-state index contributed by atoms with van der Waals surface area (Å²) in [5, 5.41) is 3.04. The van der Waals surface area contributed by atoms with Gasteiger partial charge in [-0.15, -0.1) is 0 Å². The third kappa shape index (κ3) is 6.00. The first-order chi connectivity index (χ1) is 13.2. The number of ether oxygens (including phenoxy) is 1. The van der Waals surface area contributed by atoms with E-state index in [4.69, 9.17) is 4.74 Å². The van der Waals surface area contributed by atoms with Crippen LogP contribution in [0, 0.1) is 0 Å². The van der Waals surface area contributed by atoms with Crippen molar-refractivity contribution in [2.24, 2.45) is 0 Å². The first-order valence-electron chi connectivity index (χ1n) is 9.66. The third-order valence-corrected chi connectivity index (χ3v) is 5.04. The second kappa shape index (κ2) is 9.97. The van der Waals surface area contributed by atoms with Crippen LogP contribution in [0.2, 0.25) is 0 Å². The molecule has 1 aliphatic heterocycles. The molecular formula is C22H29N3O2. The second-order valence-corrected chi connectivity index (χ2v) is 6.90. The van der Waals surface area contributed by atoms with Gasteiger partial charge in [-0.25, -0.2) is 4.79 Å². The summed E-state index contributed by atoms with van der Waals surface area (Å²) in [5.41, 5.74) is 2.54. The van der Waals surface area contributed by atoms with E-state index < -0.39 is 0 Å². The maximum atomic E-state index is 12.3. The number of hydrogen-bond acceptors (Lipinski definition) is 3. The van der Waals surface area contributed by atoms with Gasteiger partial charge in [-0.05, 0) is 36.1 Å². The summed E-state index contributed by atoms with van der Waals surface area (Å²) in [6.45, 7) is 5.12. The zero-order valence-corrected chi connectivity index (χ0v) is 16.1. The van der Waals surface area contributed by atoms with E-state index in [1.807, 2.05) is 35.2 Å². The number of carbonyl (C=O) groups is 1. The highest BCUT2D eigenvalue weighted by Gasteiger charge is 2.20. The predicted molar refractivity (Wildman–Crippen MR) is 108 cm³/mol. The van der Waals surface area contributed by atoms with Crippen LogP contribution in [0.4, 0.5) is 4.79 Å². The second-order valence-electron chi connectivity index (χ2n) is 6.90. The smallest absolute Gasteiger partial charge is 0.317 e. The molecule has 0 atom stereocenters. The average molecular weight is 367 g/mol. The standard InChI is InChI=1S/C22H29N3O2/c1-27-21-9-5-8-20(18-21)11-13-24-14-16-25(17-15-24)22(26)23-12-10-19-6-3-2-4-7-19/h2-9,18H,10-17H2,1H3,(H,23,26). The van der Waals surface area contributed by atoms with Gasteiger partial charge in [0.25, 0.3) is 0 Å². The van der Waals surface area contributed by atoms with Crippen molar-refractivity contribution in [3.8, 4) is 5.75 Å². The van der Waals surface area contributed by atoms with Crippen LogP contribution in [-0.4, -0.2) is 62.2 Å². The van der Waals surface area contributed by atoms with E-state index in [1.54, 1.807) is 7.11 Å². The Morgan fingerprint density at radius 2 is 1.70 bits per heavy atom. The summed E-state index contributed by atoms with van der Waals surface area (Å²) >= 11 is 0. The third-order valence-electron chi connectivity index (χ3n) is 5.04. The molecule has 0 aromatic heterocycles. The molecule has 2 aromatic carbocycles. The van der Waals surface area contributed by atoms with Gasteiger partial charge in [0.1, 0.15) is 5.75 Å². The summed E-state index contributed by atoms with van der Waals surface area (Å²) in [4.78, 5) is 16.7. The van der Waals surface area contributed by atoms with Crippen molar-refractivity contribution in [1.82, 2.24) is 15.1 Å². The molecule has 0 spiro atoms. The summed E-state index contributed by atoms with van der Waals surface area (Å²) in [6.07, 6.45) is 1.87. The van der Waals surface area contributed by atoms with E-state index in [0.717, 1.165) is 51.3 Å². The van der Waals surface area contributed by atoms with E-state index in [9.17, 15) is 4.79 Å². The van der Waals surface area contributed by atoms with Crippen LogP contribution in [0.15, 0.2) is 54.6 Å². The summed E-state index contributed by atoms with van der Waals surface area (Å²) in [5.74, 6) is 0.907. The SMILES string of the molecule is COc1cccc(CCN2CCN(C(=O)NCCc3ccccc3)CC2)c1. The van der Waals surface area contributed by atoms with Gasteiger partial charge in [0, 0.05) is 39.3 Å². The van der Waals surface area contributed by atoms with E-state index in [-0.39, 0.29) is 6.03 Å². The van der Waals surface area contributed by atoms with Crippen LogP contribution >= 0.6 is 0 Å². The van der Waals surface area contributed by atoms with E-state index in [2.05, 4.69) is 34.5 Å². The van der Waals surface area contributed by atoms with Gasteiger partial charge in [-0.1, -0.05) is 42.5 Å². The quantitative estimate of drug-likeness (QED) is 0.818. The molecule has 1 aliphatic rings. The molecule has 1 heterocycles.